The summed E-state index contributed by atoms with van der Waals surface area (Å²) in [6.45, 7) is -10.4. The van der Waals surface area contributed by atoms with Gasteiger partial charge >= 0.3 is 19.2 Å². The third-order valence-corrected chi connectivity index (χ3v) is 9.80. The maximum absolute atomic E-state index is 15.8. The number of alkyl halides is 2. The van der Waals surface area contributed by atoms with Gasteiger partial charge in [0.05, 0.1) is 19.5 Å². The van der Waals surface area contributed by atoms with Crippen LogP contribution >= 0.6 is 25.8 Å². The number of aromatic nitrogens is 6. The Labute approximate surface area is 243 Å². The van der Waals surface area contributed by atoms with E-state index in [-0.39, 0.29) is 17.0 Å². The third-order valence-electron chi connectivity index (χ3n) is 6.63. The lowest BCUT2D eigenvalue weighted by molar-refractivity contribution is -0.0614. The van der Waals surface area contributed by atoms with Crippen molar-refractivity contribution >= 4 is 54.6 Å². The molecule has 0 radical (unpaired) electrons. The summed E-state index contributed by atoms with van der Waals surface area (Å²) in [6, 6.07) is 0.971. The second kappa shape index (κ2) is 11.1. The molecule has 23 heteroatoms. The van der Waals surface area contributed by atoms with Crippen molar-refractivity contribution in [3.8, 4) is 0 Å². The van der Waals surface area contributed by atoms with Crippen LogP contribution in [0.25, 0.3) is 11.2 Å². The van der Waals surface area contributed by atoms with Gasteiger partial charge in [-0.25, -0.2) is 33.1 Å². The summed E-state index contributed by atoms with van der Waals surface area (Å²) >= 11 is 8.97. The number of nitrogens with two attached hydrogens (primary N) is 1. The summed E-state index contributed by atoms with van der Waals surface area (Å²) in [5.41, 5.74) is 4.42. The first-order valence-electron chi connectivity index (χ1n) is 12.0. The molecule has 4 N–H and O–H groups in total. The molecule has 6 heterocycles. The minimum Gasteiger partial charge on any atom is -0.382 e. The van der Waals surface area contributed by atoms with Gasteiger partial charge in [-0.2, -0.15) is 0 Å². The number of thiol groups is 1. The molecule has 42 heavy (non-hydrogen) atoms. The van der Waals surface area contributed by atoms with Crippen LogP contribution in [0.5, 0.6) is 0 Å². The molecule has 3 aliphatic rings. The Morgan fingerprint density at radius 2 is 1.69 bits per heavy atom. The highest BCUT2D eigenvalue weighted by molar-refractivity contribution is 8.44. The number of rotatable bonds is 2. The number of H-pyrrole nitrogens is 1. The molecule has 0 saturated carbocycles. The van der Waals surface area contributed by atoms with Crippen LogP contribution in [0.15, 0.2) is 34.5 Å². The van der Waals surface area contributed by atoms with Gasteiger partial charge in [-0.05, 0) is 11.8 Å². The Morgan fingerprint density at radius 3 is 2.38 bits per heavy atom. The largest absolute Gasteiger partial charge is 0.386 e. The molecule has 3 aromatic heterocycles. The summed E-state index contributed by atoms with van der Waals surface area (Å²) < 4.78 is 79.6. The van der Waals surface area contributed by atoms with Crippen molar-refractivity contribution < 1.29 is 45.8 Å². The molecule has 0 aliphatic carbocycles. The quantitative estimate of drug-likeness (QED) is 0.216. The SMILES string of the molecule is Nc1ncnc2c1ncn2[C@@H]1O[C@@H]2COP(O)(=S)O[C@@H]3[C@H](F)[C@@H](COP(=O)(S)O[C@@H]1[C@@H]2F)O[C@H]3n1ccc(=O)[nH]c1=O. The number of hydrogen-bond donors (Lipinski definition) is 4. The van der Waals surface area contributed by atoms with Crippen molar-refractivity contribution in [3.05, 3.63) is 45.8 Å². The maximum Gasteiger partial charge on any atom is 0.386 e. The monoisotopic (exact) mass is 671 g/mol. The van der Waals surface area contributed by atoms with E-state index in [9.17, 15) is 19.0 Å². The molecular weight excluding hydrogens is 650 g/mol. The molecule has 0 spiro atoms. The molecule has 0 amide bonds. The zero-order valence-corrected chi connectivity index (χ0v) is 24.3. The summed E-state index contributed by atoms with van der Waals surface area (Å²) in [5, 5.41) is 0. The minimum absolute atomic E-state index is 0.0314. The average molecular weight is 671 g/mol. The van der Waals surface area contributed by atoms with Crippen molar-refractivity contribution in [3.63, 3.8) is 0 Å². The van der Waals surface area contributed by atoms with E-state index in [1.807, 2.05) is 4.98 Å². The molecule has 17 nitrogen and oxygen atoms in total. The molecule has 228 valence electrons. The smallest absolute Gasteiger partial charge is 0.382 e. The number of aromatic amines is 1. The topological polar surface area (TPSA) is 217 Å². The fraction of sp³-hybridized carbons (Fsp3) is 0.526. The standard InChI is InChI=1S/C19H21F2N7O10P2S2/c20-10-7-3-33-40(32,42)38-14-11(21)8(36-18(14)28-6-25-12-15(22)23-5-24-16(12)28)4-34-39(31,41)37-13(10)17(35-7)27-2-1-9(29)26-19(27)30/h1-2,5-8,10-11,13-14,17-18H,3-4H2,(H,31,41)(H,32,42)(H2,22,23,24)(H,26,29,30)/t7-,8-,10-,11-,13-,14-,17-,18-,39?,40?/m1/s1. The second-order valence-electron chi connectivity index (χ2n) is 9.29. The lowest BCUT2D eigenvalue weighted by Gasteiger charge is -2.26. The highest BCUT2D eigenvalue weighted by Crippen LogP contribution is 2.58. The number of hydrogen-bond acceptors (Lipinski definition) is 14. The molecule has 2 unspecified atom stereocenters. The Kier molecular flexibility index (Phi) is 7.89. The van der Waals surface area contributed by atoms with Crippen LogP contribution in [0.1, 0.15) is 12.5 Å². The number of anilines is 1. The summed E-state index contributed by atoms with van der Waals surface area (Å²) in [5.74, 6) is 0.0314. The van der Waals surface area contributed by atoms with Crippen LogP contribution in [0.4, 0.5) is 14.6 Å². The lowest BCUT2D eigenvalue weighted by atomic mass is 10.1. The van der Waals surface area contributed by atoms with Crippen LogP contribution in [-0.2, 0) is 43.9 Å². The van der Waals surface area contributed by atoms with E-state index < -0.39 is 87.2 Å². The van der Waals surface area contributed by atoms with E-state index in [1.54, 1.807) is 0 Å². The van der Waals surface area contributed by atoms with E-state index in [0.717, 1.165) is 23.2 Å². The number of ether oxygens (including phenoxy) is 2. The van der Waals surface area contributed by atoms with E-state index in [4.69, 9.17) is 45.1 Å². The predicted octanol–water partition coefficient (Wildman–Crippen LogP) is 0.502. The number of nitrogen functional groups attached to an aromatic ring is 1. The average Bonchev–Trinajstić information content (AvgIpc) is 3.57. The van der Waals surface area contributed by atoms with Crippen LogP contribution in [0.2, 0.25) is 0 Å². The van der Waals surface area contributed by atoms with Crippen LogP contribution in [0, 0.1) is 0 Å². The molecule has 3 saturated heterocycles. The van der Waals surface area contributed by atoms with Crippen molar-refractivity contribution in [2.24, 2.45) is 0 Å². The molecule has 10 atom stereocenters. The van der Waals surface area contributed by atoms with E-state index in [1.165, 1.54) is 10.9 Å². The van der Waals surface area contributed by atoms with Crippen molar-refractivity contribution in [2.75, 3.05) is 18.9 Å². The normalized spacial score (nSPS) is 39.3. The van der Waals surface area contributed by atoms with Gasteiger partial charge < -0.3 is 24.6 Å². The van der Waals surface area contributed by atoms with Gasteiger partial charge in [-0.3, -0.25) is 32.5 Å². The van der Waals surface area contributed by atoms with Gasteiger partial charge in [0.25, 0.3) is 5.56 Å². The minimum atomic E-state index is -4.47. The Balaban J connectivity index is 1.34. The van der Waals surface area contributed by atoms with Crippen LogP contribution < -0.4 is 17.0 Å². The van der Waals surface area contributed by atoms with E-state index in [2.05, 4.69) is 27.2 Å². The Morgan fingerprint density at radius 1 is 1.05 bits per heavy atom. The first kappa shape index (κ1) is 29.9. The second-order valence-corrected chi connectivity index (χ2v) is 15.0. The number of nitrogens with one attached hydrogen (secondary N) is 1. The van der Waals surface area contributed by atoms with E-state index >= 15 is 8.78 Å². The van der Waals surface area contributed by atoms with Crippen molar-refractivity contribution in [2.45, 2.75) is 49.2 Å². The zero-order chi connectivity index (χ0) is 30.0. The van der Waals surface area contributed by atoms with Gasteiger partial charge in [0.15, 0.2) is 36.3 Å². The van der Waals surface area contributed by atoms with Crippen LogP contribution in [0.3, 0.4) is 0 Å². The fourth-order valence-corrected chi connectivity index (χ4v) is 7.57. The molecule has 4 bridgehead atoms. The number of halogens is 2. The molecule has 3 aromatic rings. The molecule has 3 fully saturated rings. The summed E-state index contributed by atoms with van der Waals surface area (Å²) in [6.07, 6.45) is -10.3. The van der Waals surface area contributed by atoms with Gasteiger partial charge in [-0.15, -0.1) is 0 Å². The fourth-order valence-electron chi connectivity index (χ4n) is 4.72. The van der Waals surface area contributed by atoms with Gasteiger partial charge in [0.2, 0.25) is 0 Å². The van der Waals surface area contributed by atoms with Crippen LogP contribution in [-0.4, -0.2) is 83.9 Å². The predicted molar refractivity (Wildman–Crippen MR) is 143 cm³/mol. The molecular formula is C19H21F2N7O10P2S2. The number of fused-ring (bicyclic) bond motifs is 5. The van der Waals surface area contributed by atoms with Crippen molar-refractivity contribution in [1.29, 1.82) is 0 Å². The Hall–Kier alpha value is -2.16. The maximum atomic E-state index is 15.8. The lowest BCUT2D eigenvalue weighted by Crippen LogP contribution is -2.38. The van der Waals surface area contributed by atoms with E-state index in [0.29, 0.717) is 0 Å². The highest BCUT2D eigenvalue weighted by Gasteiger charge is 2.54. The molecule has 0 aromatic carbocycles. The first-order valence-corrected chi connectivity index (χ1v) is 17.3. The summed E-state index contributed by atoms with van der Waals surface area (Å²) in [4.78, 5) is 48.7. The number of nitrogens with zero attached hydrogens (tertiary/aromatic N) is 5. The zero-order valence-electron chi connectivity index (χ0n) is 20.8. The summed E-state index contributed by atoms with van der Waals surface area (Å²) in [7, 11) is 0. The van der Waals surface area contributed by atoms with Gasteiger partial charge in [-0.1, -0.05) is 12.2 Å². The molecule has 3 aliphatic heterocycles. The number of imidazole rings is 1. The first-order chi connectivity index (χ1) is 19.8. The highest BCUT2D eigenvalue weighted by atomic mass is 32.7. The van der Waals surface area contributed by atoms with Crippen molar-refractivity contribution in [1.82, 2.24) is 29.1 Å². The van der Waals surface area contributed by atoms with Gasteiger partial charge in [0, 0.05) is 12.3 Å². The third kappa shape index (κ3) is 5.59. The Bertz CT molecular complexity index is 1730. The molecule has 6 rings (SSSR count). The van der Waals surface area contributed by atoms with Gasteiger partial charge in [0.1, 0.15) is 36.3 Å².